The number of carbonyl (C=O) groups excluding carboxylic acids is 1. The zero-order valence-electron chi connectivity index (χ0n) is 17.9. The van der Waals surface area contributed by atoms with Crippen molar-refractivity contribution < 1.29 is 29.2 Å². The van der Waals surface area contributed by atoms with Gasteiger partial charge in [0.15, 0.2) is 11.5 Å². The lowest BCUT2D eigenvalue weighted by atomic mass is 9.67. The highest BCUT2D eigenvalue weighted by Crippen LogP contribution is 2.63. The molecule has 0 amide bonds. The van der Waals surface area contributed by atoms with Crippen LogP contribution >= 0.6 is 0 Å². The van der Waals surface area contributed by atoms with Crippen LogP contribution in [0.1, 0.15) is 63.7 Å². The number of fused-ring (bicyclic) bond motifs is 2. The lowest BCUT2D eigenvalue weighted by Crippen LogP contribution is -2.50. The van der Waals surface area contributed by atoms with Gasteiger partial charge in [0, 0.05) is 12.3 Å². The molecule has 2 saturated carbocycles. The molecule has 1 saturated heterocycles. The van der Waals surface area contributed by atoms with Gasteiger partial charge in [-0.05, 0) is 55.7 Å². The summed E-state index contributed by atoms with van der Waals surface area (Å²) in [5, 5.41) is 21.4. The number of rotatable bonds is 4. The number of aromatic hydroxyl groups is 1. The summed E-state index contributed by atoms with van der Waals surface area (Å²) in [6.07, 6.45) is 2.76. The average molecular weight is 405 g/mol. The molecule has 6 nitrogen and oxygen atoms in total. The smallest absolute Gasteiger partial charge is 0.338 e. The van der Waals surface area contributed by atoms with Gasteiger partial charge < -0.3 is 24.4 Å². The summed E-state index contributed by atoms with van der Waals surface area (Å²) in [6.45, 7) is 8.36. The van der Waals surface area contributed by atoms with Gasteiger partial charge in [-0.1, -0.05) is 20.8 Å². The van der Waals surface area contributed by atoms with Crippen molar-refractivity contribution in [1.29, 1.82) is 0 Å². The van der Waals surface area contributed by atoms with Crippen molar-refractivity contribution in [3.05, 3.63) is 23.8 Å². The first-order chi connectivity index (χ1) is 13.5. The zero-order valence-corrected chi connectivity index (χ0v) is 17.9. The first kappa shape index (κ1) is 20.5. The van der Waals surface area contributed by atoms with Gasteiger partial charge in [-0.3, -0.25) is 0 Å². The summed E-state index contributed by atoms with van der Waals surface area (Å²) in [5.41, 5.74) is -1.01. The van der Waals surface area contributed by atoms with Crippen LogP contribution in [-0.2, 0) is 9.47 Å². The number of hydrogen-bond acceptors (Lipinski definition) is 6. The average Bonchev–Trinajstić information content (AvgIpc) is 3.19. The highest BCUT2D eigenvalue weighted by molar-refractivity contribution is 5.90. The maximum Gasteiger partial charge on any atom is 0.338 e. The number of hydrogen-bond donors (Lipinski definition) is 2. The molecular formula is C23H32O6. The minimum atomic E-state index is -0.876. The molecule has 1 aromatic carbocycles. The van der Waals surface area contributed by atoms with E-state index in [1.54, 1.807) is 0 Å². The number of methoxy groups -OCH3 is 1. The monoisotopic (exact) mass is 404 g/mol. The number of phenols is 1. The van der Waals surface area contributed by atoms with E-state index >= 15 is 0 Å². The Kier molecular flexibility index (Phi) is 4.67. The molecule has 0 bridgehead atoms. The van der Waals surface area contributed by atoms with Crippen molar-refractivity contribution in [1.82, 2.24) is 0 Å². The molecular weight excluding hydrogens is 372 g/mol. The number of carbonyl (C=O) groups is 1. The van der Waals surface area contributed by atoms with Gasteiger partial charge in [-0.2, -0.15) is 0 Å². The second-order valence-corrected chi connectivity index (χ2v) is 9.94. The maximum atomic E-state index is 13.0. The molecule has 0 spiro atoms. The first-order valence-electron chi connectivity index (χ1n) is 10.5. The van der Waals surface area contributed by atoms with E-state index in [-0.39, 0.29) is 40.5 Å². The third kappa shape index (κ3) is 3.21. The second kappa shape index (κ2) is 6.61. The van der Waals surface area contributed by atoms with Gasteiger partial charge in [-0.15, -0.1) is 0 Å². The Bertz CT molecular complexity index is 822. The van der Waals surface area contributed by atoms with Crippen molar-refractivity contribution in [3.63, 3.8) is 0 Å². The third-order valence-corrected chi connectivity index (χ3v) is 7.72. The van der Waals surface area contributed by atoms with E-state index in [1.165, 1.54) is 25.3 Å². The molecule has 1 aliphatic heterocycles. The van der Waals surface area contributed by atoms with E-state index in [0.29, 0.717) is 18.4 Å². The molecule has 3 fully saturated rings. The Morgan fingerprint density at radius 2 is 1.97 bits per heavy atom. The van der Waals surface area contributed by atoms with E-state index in [1.807, 2.05) is 13.8 Å². The highest BCUT2D eigenvalue weighted by Gasteiger charge is 2.68. The molecule has 160 valence electrons. The Morgan fingerprint density at radius 3 is 2.62 bits per heavy atom. The predicted molar refractivity (Wildman–Crippen MR) is 107 cm³/mol. The molecule has 6 atom stereocenters. The fourth-order valence-corrected chi connectivity index (χ4v) is 5.84. The summed E-state index contributed by atoms with van der Waals surface area (Å²) in [6, 6.07) is 4.43. The van der Waals surface area contributed by atoms with Crippen LogP contribution in [0.15, 0.2) is 18.2 Å². The van der Waals surface area contributed by atoms with Crippen LogP contribution in [0.4, 0.5) is 0 Å². The van der Waals surface area contributed by atoms with Crippen LogP contribution in [0.3, 0.4) is 0 Å². The van der Waals surface area contributed by atoms with Crippen molar-refractivity contribution in [3.8, 4) is 11.5 Å². The number of phenolic OH excluding ortho intramolecular Hbond substituents is 1. The second-order valence-electron chi connectivity index (χ2n) is 9.94. The molecule has 2 aliphatic carbocycles. The van der Waals surface area contributed by atoms with Crippen molar-refractivity contribution >= 4 is 5.97 Å². The summed E-state index contributed by atoms with van der Waals surface area (Å²) >= 11 is 0. The van der Waals surface area contributed by atoms with Crippen LogP contribution in [0, 0.1) is 17.3 Å². The number of epoxide rings is 1. The summed E-state index contributed by atoms with van der Waals surface area (Å²) in [4.78, 5) is 13.0. The summed E-state index contributed by atoms with van der Waals surface area (Å²) in [7, 11) is 1.44. The van der Waals surface area contributed by atoms with Gasteiger partial charge in [0.2, 0.25) is 0 Å². The topological polar surface area (TPSA) is 88.5 Å². The van der Waals surface area contributed by atoms with E-state index in [9.17, 15) is 15.0 Å². The highest BCUT2D eigenvalue weighted by atomic mass is 16.6. The summed E-state index contributed by atoms with van der Waals surface area (Å²) < 4.78 is 17.2. The minimum absolute atomic E-state index is 0.0298. The maximum absolute atomic E-state index is 13.0. The molecule has 1 heterocycles. The Hall–Kier alpha value is -1.79. The third-order valence-electron chi connectivity index (χ3n) is 7.72. The Balaban J connectivity index is 1.67. The van der Waals surface area contributed by atoms with Crippen LogP contribution in [0.2, 0.25) is 0 Å². The fraction of sp³-hybridized carbons (Fsp3) is 0.696. The first-order valence-corrected chi connectivity index (χ1v) is 10.5. The molecule has 0 aromatic heterocycles. The molecule has 29 heavy (non-hydrogen) atoms. The predicted octanol–water partition coefficient (Wildman–Crippen LogP) is 3.68. The Morgan fingerprint density at radius 1 is 1.24 bits per heavy atom. The number of aliphatic hydroxyl groups is 1. The van der Waals surface area contributed by atoms with Crippen LogP contribution in [-0.4, -0.2) is 46.7 Å². The van der Waals surface area contributed by atoms with Crippen LogP contribution in [0.5, 0.6) is 11.5 Å². The van der Waals surface area contributed by atoms with Crippen LogP contribution in [0.25, 0.3) is 0 Å². The number of benzene rings is 1. The largest absolute Gasteiger partial charge is 0.504 e. The molecule has 1 aromatic rings. The quantitative estimate of drug-likeness (QED) is 0.588. The molecule has 6 heteroatoms. The fourth-order valence-electron chi connectivity index (χ4n) is 5.84. The van der Waals surface area contributed by atoms with Gasteiger partial charge >= 0.3 is 5.97 Å². The Labute approximate surface area is 172 Å². The standard InChI is InChI=1S/C23H32O6/c1-13(2)23(26)9-8-21(3)12-18-22(4,29-18)11-17(19(21)23)28-20(25)14-6-7-15(24)16(10-14)27-5/h6-7,10,13,17-19,24,26H,8-9,11-12H2,1-5H3/t17-,18+,19+,21+,22-,23-/m1/s1. The van der Waals surface area contributed by atoms with Gasteiger partial charge in [0.25, 0.3) is 0 Å². The van der Waals surface area contributed by atoms with Crippen molar-refractivity contribution in [2.45, 2.75) is 76.8 Å². The molecule has 0 unspecified atom stereocenters. The van der Waals surface area contributed by atoms with Crippen molar-refractivity contribution in [2.75, 3.05) is 7.11 Å². The van der Waals surface area contributed by atoms with Crippen LogP contribution < -0.4 is 4.74 Å². The van der Waals surface area contributed by atoms with E-state index in [4.69, 9.17) is 14.2 Å². The van der Waals surface area contributed by atoms with Gasteiger partial charge in [-0.25, -0.2) is 4.79 Å². The lowest BCUT2D eigenvalue weighted by Gasteiger charge is -2.44. The van der Waals surface area contributed by atoms with Gasteiger partial charge in [0.05, 0.1) is 30.0 Å². The van der Waals surface area contributed by atoms with Gasteiger partial charge in [0.1, 0.15) is 6.10 Å². The molecule has 2 N–H and O–H groups in total. The zero-order chi connectivity index (χ0) is 21.2. The molecule has 0 radical (unpaired) electrons. The normalized spacial score (nSPS) is 40.7. The van der Waals surface area contributed by atoms with E-state index in [2.05, 4.69) is 13.8 Å². The van der Waals surface area contributed by atoms with E-state index in [0.717, 1.165) is 12.8 Å². The number of esters is 1. The SMILES string of the molecule is COc1cc(C(=O)O[C@@H]2C[C@@]3(C)O[C@H]3C[C@]3(C)CC[C@@](O)(C(C)C)[C@@H]23)ccc1O. The lowest BCUT2D eigenvalue weighted by molar-refractivity contribution is -0.120. The molecule has 3 aliphatic rings. The van der Waals surface area contributed by atoms with E-state index < -0.39 is 17.7 Å². The minimum Gasteiger partial charge on any atom is -0.504 e. The number of ether oxygens (including phenoxy) is 3. The molecule has 4 rings (SSSR count). The summed E-state index contributed by atoms with van der Waals surface area (Å²) in [5.74, 6) is -0.366. The van der Waals surface area contributed by atoms with Crippen molar-refractivity contribution in [2.24, 2.45) is 17.3 Å².